The zero-order valence-electron chi connectivity index (χ0n) is 13.8. The van der Waals surface area contributed by atoms with Crippen LogP contribution in [0.4, 0.5) is 13.2 Å². The SMILES string of the molecule is COCCOc1ccccc1C(=O)C(C#N)c1ccc(C(F)(F)F)cn1. The standard InChI is InChI=1S/C18H15F3N2O3/c1-25-8-9-26-16-5-3-2-4-13(16)17(24)14(10-22)15-7-6-12(11-23-15)18(19,20)21/h2-7,11,14H,8-9H2,1H3. The first kappa shape index (κ1) is 19.4. The lowest BCUT2D eigenvalue weighted by Crippen LogP contribution is -2.16. The van der Waals surface area contributed by atoms with Gasteiger partial charge in [0.1, 0.15) is 12.4 Å². The van der Waals surface area contributed by atoms with Crippen molar-refractivity contribution >= 4 is 5.78 Å². The topological polar surface area (TPSA) is 72.2 Å². The van der Waals surface area contributed by atoms with E-state index in [2.05, 4.69) is 4.98 Å². The minimum Gasteiger partial charge on any atom is -0.490 e. The zero-order chi connectivity index (χ0) is 19.2. The number of pyridine rings is 1. The van der Waals surface area contributed by atoms with Crippen LogP contribution >= 0.6 is 0 Å². The van der Waals surface area contributed by atoms with Crippen LogP contribution in [0.2, 0.25) is 0 Å². The molecule has 0 spiro atoms. The number of para-hydroxylation sites is 1. The molecule has 0 radical (unpaired) electrons. The van der Waals surface area contributed by atoms with Crippen LogP contribution in [0.15, 0.2) is 42.6 Å². The Labute approximate surface area is 148 Å². The van der Waals surface area contributed by atoms with E-state index in [9.17, 15) is 23.2 Å². The van der Waals surface area contributed by atoms with E-state index in [0.717, 1.165) is 12.1 Å². The Balaban J connectivity index is 2.28. The normalized spacial score (nSPS) is 12.3. The zero-order valence-corrected chi connectivity index (χ0v) is 13.8. The average Bonchev–Trinajstić information content (AvgIpc) is 2.62. The largest absolute Gasteiger partial charge is 0.490 e. The van der Waals surface area contributed by atoms with Crippen molar-refractivity contribution in [3.05, 3.63) is 59.4 Å². The quantitative estimate of drug-likeness (QED) is 0.554. The number of aromatic nitrogens is 1. The molecule has 1 aromatic carbocycles. The molecule has 0 bridgehead atoms. The number of nitrogens with zero attached hydrogens (tertiary/aromatic N) is 2. The number of hydrogen-bond acceptors (Lipinski definition) is 5. The second kappa shape index (κ2) is 8.45. The number of hydrogen-bond donors (Lipinski definition) is 0. The molecule has 8 heteroatoms. The molecular weight excluding hydrogens is 349 g/mol. The summed E-state index contributed by atoms with van der Waals surface area (Å²) in [7, 11) is 1.50. The molecular formula is C18H15F3N2O3. The summed E-state index contributed by atoms with van der Waals surface area (Å²) in [6.45, 7) is 0.515. The molecule has 1 heterocycles. The van der Waals surface area contributed by atoms with Gasteiger partial charge in [-0.3, -0.25) is 9.78 Å². The van der Waals surface area contributed by atoms with E-state index in [1.807, 2.05) is 0 Å². The van der Waals surface area contributed by atoms with E-state index >= 15 is 0 Å². The number of carbonyl (C=O) groups is 1. The van der Waals surface area contributed by atoms with Gasteiger partial charge in [-0.25, -0.2) is 0 Å². The van der Waals surface area contributed by atoms with Crippen molar-refractivity contribution in [2.45, 2.75) is 12.1 Å². The first-order valence-corrected chi connectivity index (χ1v) is 7.56. The van der Waals surface area contributed by atoms with Crippen molar-refractivity contribution in [1.82, 2.24) is 4.98 Å². The lowest BCUT2D eigenvalue weighted by atomic mass is 9.94. The molecule has 26 heavy (non-hydrogen) atoms. The molecule has 1 unspecified atom stereocenters. The molecule has 0 aliphatic heterocycles. The third-order valence-corrected chi connectivity index (χ3v) is 3.50. The summed E-state index contributed by atoms with van der Waals surface area (Å²) in [5.74, 6) is -1.68. The molecule has 136 valence electrons. The fourth-order valence-electron chi connectivity index (χ4n) is 2.19. The Kier molecular flexibility index (Phi) is 6.31. The van der Waals surface area contributed by atoms with Gasteiger partial charge in [0.2, 0.25) is 0 Å². The molecule has 2 rings (SSSR count). The Bertz CT molecular complexity index is 799. The maximum atomic E-state index is 12.7. The van der Waals surface area contributed by atoms with Crippen LogP contribution < -0.4 is 4.74 Å². The van der Waals surface area contributed by atoms with Crippen LogP contribution in [0.1, 0.15) is 27.5 Å². The molecule has 0 N–H and O–H groups in total. The van der Waals surface area contributed by atoms with Gasteiger partial charge in [-0.1, -0.05) is 12.1 Å². The summed E-state index contributed by atoms with van der Waals surface area (Å²) >= 11 is 0. The predicted molar refractivity (Wildman–Crippen MR) is 85.7 cm³/mol. The minimum absolute atomic E-state index is 0.0582. The number of ketones is 1. The summed E-state index contributed by atoms with van der Waals surface area (Å²) in [6, 6.07) is 9.94. The highest BCUT2D eigenvalue weighted by Gasteiger charge is 2.32. The third-order valence-electron chi connectivity index (χ3n) is 3.50. The maximum absolute atomic E-state index is 12.7. The van der Waals surface area contributed by atoms with Gasteiger partial charge in [-0.15, -0.1) is 0 Å². The van der Waals surface area contributed by atoms with Gasteiger partial charge in [0.25, 0.3) is 0 Å². The number of alkyl halides is 3. The van der Waals surface area contributed by atoms with E-state index in [0.29, 0.717) is 12.8 Å². The Morgan fingerprint density at radius 1 is 1.23 bits per heavy atom. The molecule has 5 nitrogen and oxygen atoms in total. The molecule has 2 aromatic rings. The van der Waals surface area contributed by atoms with E-state index in [1.165, 1.54) is 13.2 Å². The molecule has 0 saturated carbocycles. The molecule has 0 aliphatic rings. The lowest BCUT2D eigenvalue weighted by molar-refractivity contribution is -0.137. The van der Waals surface area contributed by atoms with Crippen LogP contribution in [0.25, 0.3) is 0 Å². The number of nitriles is 1. The lowest BCUT2D eigenvalue weighted by Gasteiger charge is -2.13. The first-order valence-electron chi connectivity index (χ1n) is 7.56. The summed E-state index contributed by atoms with van der Waals surface area (Å²) in [5.41, 5.74) is -0.859. The van der Waals surface area contributed by atoms with Gasteiger partial charge in [0, 0.05) is 13.3 Å². The second-order valence-corrected chi connectivity index (χ2v) is 5.23. The smallest absolute Gasteiger partial charge is 0.417 e. The Morgan fingerprint density at radius 2 is 1.96 bits per heavy atom. The number of halogens is 3. The first-order chi connectivity index (χ1) is 12.4. The predicted octanol–water partition coefficient (Wildman–Crippen LogP) is 3.62. The van der Waals surface area contributed by atoms with Gasteiger partial charge >= 0.3 is 6.18 Å². The van der Waals surface area contributed by atoms with Gasteiger partial charge in [-0.2, -0.15) is 18.4 Å². The van der Waals surface area contributed by atoms with Crippen molar-refractivity contribution in [1.29, 1.82) is 5.26 Å². The Morgan fingerprint density at radius 3 is 2.54 bits per heavy atom. The van der Waals surface area contributed by atoms with Crippen LogP contribution in [-0.2, 0) is 10.9 Å². The van der Waals surface area contributed by atoms with Crippen molar-refractivity contribution in [3.8, 4) is 11.8 Å². The van der Waals surface area contributed by atoms with E-state index in [1.54, 1.807) is 24.3 Å². The van der Waals surface area contributed by atoms with Crippen molar-refractivity contribution < 1.29 is 27.4 Å². The van der Waals surface area contributed by atoms with Gasteiger partial charge in [0.15, 0.2) is 11.7 Å². The minimum atomic E-state index is -4.54. The summed E-state index contributed by atoms with van der Waals surface area (Å²) in [6.07, 6.45) is -3.94. The number of methoxy groups -OCH3 is 1. The molecule has 0 fully saturated rings. The van der Waals surface area contributed by atoms with Crippen molar-refractivity contribution in [2.24, 2.45) is 0 Å². The fourth-order valence-corrected chi connectivity index (χ4v) is 2.19. The molecule has 0 saturated heterocycles. The monoisotopic (exact) mass is 364 g/mol. The highest BCUT2D eigenvalue weighted by Crippen LogP contribution is 2.30. The van der Waals surface area contributed by atoms with Crippen LogP contribution in [-0.4, -0.2) is 31.1 Å². The van der Waals surface area contributed by atoms with Gasteiger partial charge in [0.05, 0.1) is 29.5 Å². The summed E-state index contributed by atoms with van der Waals surface area (Å²) < 4.78 is 48.2. The number of carbonyl (C=O) groups excluding carboxylic acids is 1. The van der Waals surface area contributed by atoms with Gasteiger partial charge in [-0.05, 0) is 24.3 Å². The van der Waals surface area contributed by atoms with E-state index in [-0.39, 0.29) is 23.6 Å². The maximum Gasteiger partial charge on any atom is 0.417 e. The molecule has 0 aliphatic carbocycles. The fraction of sp³-hybridized carbons (Fsp3) is 0.278. The summed E-state index contributed by atoms with van der Waals surface area (Å²) in [4.78, 5) is 16.4. The van der Waals surface area contributed by atoms with Crippen molar-refractivity contribution in [3.63, 3.8) is 0 Å². The number of Topliss-reactive ketones (excluding diaryl/α,β-unsaturated/α-hetero) is 1. The van der Waals surface area contributed by atoms with E-state index in [4.69, 9.17) is 9.47 Å². The summed E-state index contributed by atoms with van der Waals surface area (Å²) in [5, 5.41) is 9.35. The number of rotatable bonds is 7. The highest BCUT2D eigenvalue weighted by molar-refractivity contribution is 6.04. The van der Waals surface area contributed by atoms with E-state index < -0.39 is 23.4 Å². The molecule has 1 aromatic heterocycles. The van der Waals surface area contributed by atoms with Gasteiger partial charge < -0.3 is 9.47 Å². The molecule has 1 atom stereocenters. The highest BCUT2D eigenvalue weighted by atomic mass is 19.4. The third kappa shape index (κ3) is 4.58. The van der Waals surface area contributed by atoms with Crippen LogP contribution in [0.3, 0.4) is 0 Å². The van der Waals surface area contributed by atoms with Crippen LogP contribution in [0.5, 0.6) is 5.75 Å². The van der Waals surface area contributed by atoms with Crippen molar-refractivity contribution in [2.75, 3.05) is 20.3 Å². The average molecular weight is 364 g/mol. The van der Waals surface area contributed by atoms with Crippen LogP contribution in [0, 0.1) is 11.3 Å². The number of benzene rings is 1. The molecule has 0 amide bonds. The Hall–Kier alpha value is -2.92. The number of ether oxygens (including phenoxy) is 2. The second-order valence-electron chi connectivity index (χ2n) is 5.23.